The maximum Gasteiger partial charge on any atom is 0.410 e. The van der Waals surface area contributed by atoms with Crippen molar-refractivity contribution in [3.05, 3.63) is 17.5 Å². The molecule has 0 fully saturated rings. The number of ether oxygens (including phenoxy) is 1. The zero-order chi connectivity index (χ0) is 14.4. The van der Waals surface area contributed by atoms with Gasteiger partial charge >= 0.3 is 11.0 Å². The van der Waals surface area contributed by atoms with E-state index in [2.05, 4.69) is 21.0 Å². The number of rotatable bonds is 1. The van der Waals surface area contributed by atoms with Crippen molar-refractivity contribution in [2.45, 2.75) is 44.4 Å². The number of aromatic nitrogens is 2. The van der Waals surface area contributed by atoms with Gasteiger partial charge in [-0.25, -0.2) is 4.79 Å². The molecule has 1 aromatic rings. The van der Waals surface area contributed by atoms with Crippen molar-refractivity contribution in [1.29, 1.82) is 0 Å². The van der Waals surface area contributed by atoms with Gasteiger partial charge in [-0.1, -0.05) is 0 Å². The number of nitrogens with zero attached hydrogens (tertiary/aromatic N) is 3. The highest BCUT2D eigenvalue weighted by molar-refractivity contribution is 9.09. The van der Waals surface area contributed by atoms with Gasteiger partial charge in [0.05, 0.1) is 18.8 Å². The van der Waals surface area contributed by atoms with Crippen LogP contribution in [0.4, 0.5) is 13.6 Å². The van der Waals surface area contributed by atoms with Crippen molar-refractivity contribution in [2.24, 2.45) is 0 Å². The number of fused-ring (bicyclic) bond motifs is 1. The van der Waals surface area contributed by atoms with Gasteiger partial charge in [-0.2, -0.15) is 18.6 Å². The summed E-state index contributed by atoms with van der Waals surface area (Å²) in [5, 5.41) is 3.76. The second kappa shape index (κ2) is 4.43. The molecule has 0 atom stereocenters. The van der Waals surface area contributed by atoms with E-state index in [1.54, 1.807) is 20.8 Å². The molecule has 0 unspecified atom stereocenters. The third-order valence-corrected chi connectivity index (χ3v) is 2.85. The van der Waals surface area contributed by atoms with E-state index in [-0.39, 0.29) is 13.1 Å². The average molecular weight is 338 g/mol. The van der Waals surface area contributed by atoms with Crippen LogP contribution in [0, 0.1) is 0 Å². The maximum atomic E-state index is 13.0. The topological polar surface area (TPSA) is 47.4 Å². The lowest BCUT2D eigenvalue weighted by atomic mass is 10.2. The summed E-state index contributed by atoms with van der Waals surface area (Å²) in [6.45, 7) is 5.72. The van der Waals surface area contributed by atoms with E-state index in [0.29, 0.717) is 15.9 Å². The Morgan fingerprint density at radius 2 is 2.05 bits per heavy atom. The SMILES string of the molecule is CC(C)(C)OC(=O)N1Cc2cn(C(F)(F)Br)nc2C1. The van der Waals surface area contributed by atoms with Crippen LogP contribution < -0.4 is 0 Å². The molecule has 0 saturated carbocycles. The molecule has 0 saturated heterocycles. The normalized spacial score (nSPS) is 15.6. The molecule has 0 radical (unpaired) electrons. The Morgan fingerprint density at radius 3 is 2.53 bits per heavy atom. The Balaban J connectivity index is 2.06. The van der Waals surface area contributed by atoms with E-state index < -0.39 is 16.7 Å². The van der Waals surface area contributed by atoms with Gasteiger partial charge in [-0.3, -0.25) is 4.90 Å². The number of carbonyl (C=O) groups excluding carboxylic acids is 1. The minimum atomic E-state index is -3.21. The molecule has 19 heavy (non-hydrogen) atoms. The summed E-state index contributed by atoms with van der Waals surface area (Å²) in [7, 11) is 0. The first kappa shape index (κ1) is 14.2. The van der Waals surface area contributed by atoms with Gasteiger partial charge in [0.25, 0.3) is 0 Å². The Morgan fingerprint density at radius 1 is 1.42 bits per heavy atom. The first-order chi connectivity index (χ1) is 8.56. The first-order valence-corrected chi connectivity index (χ1v) is 6.48. The fourth-order valence-electron chi connectivity index (χ4n) is 1.74. The standard InChI is InChI=1S/C11H14BrF2N3O2/c1-10(2,3)19-9(18)16-4-7-5-17(11(12,13)14)15-8(7)6-16/h5H,4,6H2,1-3H3. The van der Waals surface area contributed by atoms with Crippen LogP contribution in [0.2, 0.25) is 0 Å². The van der Waals surface area contributed by atoms with Gasteiger partial charge in [0.2, 0.25) is 0 Å². The number of hydrogen-bond donors (Lipinski definition) is 0. The Labute approximate surface area is 117 Å². The summed E-state index contributed by atoms with van der Waals surface area (Å²) < 4.78 is 31.8. The molecule has 1 aromatic heterocycles. The van der Waals surface area contributed by atoms with Gasteiger partial charge in [0.15, 0.2) is 0 Å². The second-order valence-corrected chi connectivity index (χ2v) is 6.30. The summed E-state index contributed by atoms with van der Waals surface area (Å²) in [5.74, 6) is 0. The molecule has 1 aliphatic rings. The van der Waals surface area contributed by atoms with Crippen molar-refractivity contribution < 1.29 is 18.3 Å². The fourth-order valence-corrected chi connectivity index (χ4v) is 1.92. The lowest BCUT2D eigenvalue weighted by Gasteiger charge is -2.24. The van der Waals surface area contributed by atoms with E-state index in [9.17, 15) is 13.6 Å². The number of carbonyl (C=O) groups is 1. The Kier molecular flexibility index (Phi) is 3.32. The summed E-state index contributed by atoms with van der Waals surface area (Å²) >= 11 is 2.23. The lowest BCUT2D eigenvalue weighted by molar-refractivity contribution is 0.0166. The molecule has 8 heteroatoms. The maximum absolute atomic E-state index is 13.0. The minimum absolute atomic E-state index is 0.181. The molecule has 2 rings (SSSR count). The van der Waals surface area contributed by atoms with Gasteiger partial charge in [0.1, 0.15) is 5.60 Å². The van der Waals surface area contributed by atoms with Crippen LogP contribution in [-0.2, 0) is 22.8 Å². The Hall–Kier alpha value is -1.18. The molecule has 0 aromatic carbocycles. The van der Waals surface area contributed by atoms with E-state index in [4.69, 9.17) is 4.74 Å². The van der Waals surface area contributed by atoms with Crippen molar-refractivity contribution >= 4 is 22.0 Å². The molecule has 0 aliphatic carbocycles. The van der Waals surface area contributed by atoms with Crippen molar-refractivity contribution in [2.75, 3.05) is 0 Å². The molecule has 2 heterocycles. The molecule has 1 aliphatic heterocycles. The number of hydrogen-bond acceptors (Lipinski definition) is 3. The van der Waals surface area contributed by atoms with Crippen molar-refractivity contribution in [3.8, 4) is 0 Å². The number of halogens is 3. The third kappa shape index (κ3) is 3.23. The zero-order valence-corrected chi connectivity index (χ0v) is 12.4. The molecular formula is C11H14BrF2N3O2. The van der Waals surface area contributed by atoms with Crippen LogP contribution in [0.5, 0.6) is 0 Å². The fraction of sp³-hybridized carbons (Fsp3) is 0.636. The highest BCUT2D eigenvalue weighted by Gasteiger charge is 2.34. The van der Waals surface area contributed by atoms with E-state index in [1.807, 2.05) is 0 Å². The highest BCUT2D eigenvalue weighted by Crippen LogP contribution is 2.31. The smallest absolute Gasteiger partial charge is 0.410 e. The van der Waals surface area contributed by atoms with Crippen LogP contribution >= 0.6 is 15.9 Å². The van der Waals surface area contributed by atoms with E-state index in [1.165, 1.54) is 11.1 Å². The quantitative estimate of drug-likeness (QED) is 0.740. The molecular weight excluding hydrogens is 324 g/mol. The largest absolute Gasteiger partial charge is 0.444 e. The van der Waals surface area contributed by atoms with E-state index >= 15 is 0 Å². The zero-order valence-electron chi connectivity index (χ0n) is 10.8. The molecule has 0 N–H and O–H groups in total. The summed E-state index contributed by atoms with van der Waals surface area (Å²) in [4.78, 5) is 10.0. The molecule has 5 nitrogen and oxygen atoms in total. The monoisotopic (exact) mass is 337 g/mol. The predicted molar refractivity (Wildman–Crippen MR) is 66.8 cm³/mol. The third-order valence-electron chi connectivity index (χ3n) is 2.49. The Bertz CT molecular complexity index is 482. The van der Waals surface area contributed by atoms with Gasteiger partial charge in [-0.15, -0.1) is 0 Å². The molecule has 106 valence electrons. The minimum Gasteiger partial charge on any atom is -0.444 e. The van der Waals surface area contributed by atoms with Gasteiger partial charge < -0.3 is 4.74 Å². The van der Waals surface area contributed by atoms with Gasteiger partial charge in [0, 0.05) is 27.7 Å². The van der Waals surface area contributed by atoms with Crippen molar-refractivity contribution in [1.82, 2.24) is 14.7 Å². The molecule has 0 bridgehead atoms. The summed E-state index contributed by atoms with van der Waals surface area (Å²) in [6.07, 6.45) is 0.761. The molecule has 0 spiro atoms. The summed E-state index contributed by atoms with van der Waals surface area (Å²) in [5.41, 5.74) is 0.481. The molecule has 1 amide bonds. The van der Waals surface area contributed by atoms with Crippen LogP contribution in [0.25, 0.3) is 0 Å². The van der Waals surface area contributed by atoms with Crippen LogP contribution in [-0.4, -0.2) is 26.4 Å². The number of amides is 1. The average Bonchev–Trinajstić information content (AvgIpc) is 2.68. The van der Waals surface area contributed by atoms with Crippen LogP contribution in [0.15, 0.2) is 6.20 Å². The van der Waals surface area contributed by atoms with Crippen molar-refractivity contribution in [3.63, 3.8) is 0 Å². The lowest BCUT2D eigenvalue weighted by Crippen LogP contribution is -2.33. The van der Waals surface area contributed by atoms with Crippen LogP contribution in [0.3, 0.4) is 0 Å². The number of alkyl halides is 3. The van der Waals surface area contributed by atoms with E-state index in [0.717, 1.165) is 0 Å². The van der Waals surface area contributed by atoms with Crippen LogP contribution in [0.1, 0.15) is 32.0 Å². The van der Waals surface area contributed by atoms with Gasteiger partial charge in [-0.05, 0) is 20.8 Å². The summed E-state index contributed by atoms with van der Waals surface area (Å²) in [6, 6.07) is 0. The first-order valence-electron chi connectivity index (χ1n) is 5.69. The highest BCUT2D eigenvalue weighted by atomic mass is 79.9. The predicted octanol–water partition coefficient (Wildman–Crippen LogP) is 3.04. The second-order valence-electron chi connectivity index (χ2n) is 5.35.